The van der Waals surface area contributed by atoms with Crippen LogP contribution in [0, 0.1) is 0 Å². The largest absolute Gasteiger partial charge is 0.337 e. The molecule has 0 fully saturated rings. The van der Waals surface area contributed by atoms with Gasteiger partial charge >= 0.3 is 0 Å². The van der Waals surface area contributed by atoms with Crippen molar-refractivity contribution in [1.82, 2.24) is 19.9 Å². The first-order valence-corrected chi connectivity index (χ1v) is 5.73. The molecule has 0 aromatic carbocycles. The van der Waals surface area contributed by atoms with E-state index in [0.717, 1.165) is 12.4 Å². The predicted molar refractivity (Wildman–Crippen MR) is 60.6 cm³/mol. The Hall–Kier alpha value is -1.20. The summed E-state index contributed by atoms with van der Waals surface area (Å²) in [5, 5.41) is 3.42. The van der Waals surface area contributed by atoms with Crippen LogP contribution in [0.3, 0.4) is 0 Å². The minimum absolute atomic E-state index is 0.257. The van der Waals surface area contributed by atoms with E-state index in [1.165, 1.54) is 4.88 Å². The van der Waals surface area contributed by atoms with Crippen molar-refractivity contribution in [1.29, 1.82) is 0 Å². The van der Waals surface area contributed by atoms with Crippen LogP contribution in [0.1, 0.15) is 23.7 Å². The van der Waals surface area contributed by atoms with Crippen LogP contribution in [-0.4, -0.2) is 14.5 Å². The Balaban J connectivity index is 1.93. The molecule has 0 spiro atoms. The molecule has 0 aliphatic rings. The van der Waals surface area contributed by atoms with Crippen molar-refractivity contribution in [2.24, 2.45) is 7.05 Å². The second-order valence-corrected chi connectivity index (χ2v) is 4.44. The molecule has 1 unspecified atom stereocenters. The molecule has 80 valence electrons. The van der Waals surface area contributed by atoms with E-state index in [4.69, 9.17) is 0 Å². The van der Waals surface area contributed by atoms with Gasteiger partial charge in [-0.05, 0) is 6.92 Å². The molecule has 1 atom stereocenters. The van der Waals surface area contributed by atoms with Gasteiger partial charge in [-0.15, -0.1) is 11.3 Å². The average Bonchev–Trinajstić information content (AvgIpc) is 2.84. The Morgan fingerprint density at radius 1 is 1.60 bits per heavy atom. The number of aromatic nitrogens is 3. The summed E-state index contributed by atoms with van der Waals surface area (Å²) in [7, 11) is 2.01. The maximum atomic E-state index is 4.30. The standard InChI is InChI=1S/C10H14N4S/c1-8(10-12-3-4-14(10)2)13-6-9-5-11-7-15-9/h3-5,7-8,13H,6H2,1-2H3. The van der Waals surface area contributed by atoms with Gasteiger partial charge in [0.1, 0.15) is 5.82 Å². The molecule has 0 radical (unpaired) electrons. The summed E-state index contributed by atoms with van der Waals surface area (Å²) in [5.74, 6) is 1.06. The number of nitrogens with zero attached hydrogens (tertiary/aromatic N) is 3. The van der Waals surface area contributed by atoms with Gasteiger partial charge in [-0.2, -0.15) is 0 Å². The van der Waals surface area contributed by atoms with Crippen LogP contribution in [0.4, 0.5) is 0 Å². The molecule has 1 N–H and O–H groups in total. The highest BCUT2D eigenvalue weighted by atomic mass is 32.1. The van der Waals surface area contributed by atoms with E-state index in [9.17, 15) is 0 Å². The van der Waals surface area contributed by atoms with Gasteiger partial charge in [0.25, 0.3) is 0 Å². The second-order valence-electron chi connectivity index (χ2n) is 3.47. The summed E-state index contributed by atoms with van der Waals surface area (Å²) in [6, 6.07) is 0.257. The van der Waals surface area contributed by atoms with Crippen LogP contribution in [0.2, 0.25) is 0 Å². The lowest BCUT2D eigenvalue weighted by Gasteiger charge is -2.12. The van der Waals surface area contributed by atoms with Crippen molar-refractivity contribution in [3.63, 3.8) is 0 Å². The minimum atomic E-state index is 0.257. The lowest BCUT2D eigenvalue weighted by molar-refractivity contribution is 0.532. The maximum Gasteiger partial charge on any atom is 0.125 e. The maximum absolute atomic E-state index is 4.30. The van der Waals surface area contributed by atoms with Crippen LogP contribution < -0.4 is 5.32 Å². The Bertz CT molecular complexity index is 407. The first-order valence-electron chi connectivity index (χ1n) is 4.85. The molecule has 0 saturated heterocycles. The van der Waals surface area contributed by atoms with Gasteiger partial charge < -0.3 is 9.88 Å². The molecule has 0 aliphatic heterocycles. The molecule has 2 heterocycles. The summed E-state index contributed by atoms with van der Waals surface area (Å²) in [5.41, 5.74) is 1.85. The SMILES string of the molecule is CC(NCc1cncs1)c1nccn1C. The van der Waals surface area contributed by atoms with E-state index in [2.05, 4.69) is 22.2 Å². The van der Waals surface area contributed by atoms with Crippen LogP contribution >= 0.6 is 11.3 Å². The quantitative estimate of drug-likeness (QED) is 0.856. The fourth-order valence-electron chi connectivity index (χ4n) is 1.47. The monoisotopic (exact) mass is 222 g/mol. The molecule has 0 bridgehead atoms. The van der Waals surface area contributed by atoms with E-state index in [1.54, 1.807) is 11.3 Å². The number of rotatable bonds is 4. The van der Waals surface area contributed by atoms with Crippen LogP contribution in [0.15, 0.2) is 24.1 Å². The third kappa shape index (κ3) is 2.43. The molecule has 2 rings (SSSR count). The Morgan fingerprint density at radius 2 is 2.47 bits per heavy atom. The zero-order chi connectivity index (χ0) is 10.7. The Labute approximate surface area is 93.0 Å². The lowest BCUT2D eigenvalue weighted by Crippen LogP contribution is -2.20. The molecule has 2 aromatic rings. The number of nitrogens with one attached hydrogen (secondary N) is 1. The molecule has 5 heteroatoms. The predicted octanol–water partition coefficient (Wildman–Crippen LogP) is 1.73. The minimum Gasteiger partial charge on any atom is -0.337 e. The normalized spacial score (nSPS) is 12.9. The first-order chi connectivity index (χ1) is 7.27. The van der Waals surface area contributed by atoms with Gasteiger partial charge in [0.2, 0.25) is 0 Å². The fourth-order valence-corrected chi connectivity index (χ4v) is 2.01. The fraction of sp³-hybridized carbons (Fsp3) is 0.400. The van der Waals surface area contributed by atoms with E-state index >= 15 is 0 Å². The topological polar surface area (TPSA) is 42.7 Å². The zero-order valence-corrected chi connectivity index (χ0v) is 9.66. The number of imidazole rings is 1. The first kappa shape index (κ1) is 10.3. The average molecular weight is 222 g/mol. The van der Waals surface area contributed by atoms with Gasteiger partial charge in [0.15, 0.2) is 0 Å². The van der Waals surface area contributed by atoms with Gasteiger partial charge in [-0.1, -0.05) is 0 Å². The summed E-state index contributed by atoms with van der Waals surface area (Å²) in [4.78, 5) is 9.59. The van der Waals surface area contributed by atoms with Crippen LogP contribution in [0.5, 0.6) is 0 Å². The number of hydrogen-bond acceptors (Lipinski definition) is 4. The van der Waals surface area contributed by atoms with E-state index in [1.807, 2.05) is 35.7 Å². The van der Waals surface area contributed by atoms with Crippen molar-refractivity contribution in [2.75, 3.05) is 0 Å². The van der Waals surface area contributed by atoms with E-state index < -0.39 is 0 Å². The molecule has 0 amide bonds. The third-order valence-electron chi connectivity index (χ3n) is 2.31. The van der Waals surface area contributed by atoms with E-state index in [0.29, 0.717) is 0 Å². The smallest absolute Gasteiger partial charge is 0.125 e. The summed E-state index contributed by atoms with van der Waals surface area (Å²) in [6.07, 6.45) is 5.67. The molecular weight excluding hydrogens is 208 g/mol. The number of thiazole rings is 1. The molecule has 4 nitrogen and oxygen atoms in total. The van der Waals surface area contributed by atoms with Crippen molar-refractivity contribution >= 4 is 11.3 Å². The van der Waals surface area contributed by atoms with Gasteiger partial charge in [-0.25, -0.2) is 4.98 Å². The highest BCUT2D eigenvalue weighted by Crippen LogP contribution is 2.11. The van der Waals surface area contributed by atoms with Gasteiger partial charge in [0, 0.05) is 37.1 Å². The molecule has 0 aliphatic carbocycles. The van der Waals surface area contributed by atoms with Crippen molar-refractivity contribution in [3.8, 4) is 0 Å². The molecule has 0 saturated carbocycles. The van der Waals surface area contributed by atoms with E-state index in [-0.39, 0.29) is 6.04 Å². The molecule has 2 aromatic heterocycles. The van der Waals surface area contributed by atoms with Gasteiger partial charge in [0.05, 0.1) is 11.6 Å². The molecular formula is C10H14N4S. The Morgan fingerprint density at radius 3 is 3.07 bits per heavy atom. The highest BCUT2D eigenvalue weighted by Gasteiger charge is 2.09. The Kier molecular flexibility index (Phi) is 3.13. The highest BCUT2D eigenvalue weighted by molar-refractivity contribution is 7.09. The third-order valence-corrected chi connectivity index (χ3v) is 3.09. The number of aryl methyl sites for hydroxylation is 1. The summed E-state index contributed by atoms with van der Waals surface area (Å²) in [6.45, 7) is 2.96. The zero-order valence-electron chi connectivity index (χ0n) is 8.84. The molecule has 15 heavy (non-hydrogen) atoms. The second kappa shape index (κ2) is 4.55. The van der Waals surface area contributed by atoms with Crippen LogP contribution in [-0.2, 0) is 13.6 Å². The number of hydrogen-bond donors (Lipinski definition) is 1. The van der Waals surface area contributed by atoms with Crippen molar-refractivity contribution < 1.29 is 0 Å². The van der Waals surface area contributed by atoms with Crippen LogP contribution in [0.25, 0.3) is 0 Å². The van der Waals surface area contributed by atoms with Crippen molar-refractivity contribution in [3.05, 3.63) is 34.8 Å². The summed E-state index contributed by atoms with van der Waals surface area (Å²) < 4.78 is 2.03. The van der Waals surface area contributed by atoms with Crippen molar-refractivity contribution in [2.45, 2.75) is 19.5 Å². The van der Waals surface area contributed by atoms with Gasteiger partial charge in [-0.3, -0.25) is 4.98 Å². The lowest BCUT2D eigenvalue weighted by atomic mass is 10.3. The summed E-state index contributed by atoms with van der Waals surface area (Å²) >= 11 is 1.67.